The first kappa shape index (κ1) is 13.9. The van der Waals surface area contributed by atoms with Crippen molar-refractivity contribution in [3.8, 4) is 0 Å². The molecule has 2 rings (SSSR count). The summed E-state index contributed by atoms with van der Waals surface area (Å²) in [6.45, 7) is 4.20. The monoisotopic (exact) mass is 278 g/mol. The second kappa shape index (κ2) is 5.65. The Kier molecular flexibility index (Phi) is 4.14. The van der Waals surface area contributed by atoms with E-state index in [-0.39, 0.29) is 17.9 Å². The van der Waals surface area contributed by atoms with Crippen molar-refractivity contribution < 1.29 is 9.59 Å². The SMILES string of the molecule is CSc1ccc(CN2C(=O)NC(C(C)C)C2=O)cc1. The molecule has 0 spiro atoms. The molecule has 0 aromatic heterocycles. The third-order valence-corrected chi connectivity index (χ3v) is 3.97. The molecule has 1 heterocycles. The highest BCUT2D eigenvalue weighted by molar-refractivity contribution is 7.98. The number of carbonyl (C=O) groups excluding carboxylic acids is 2. The van der Waals surface area contributed by atoms with Gasteiger partial charge in [-0.15, -0.1) is 11.8 Å². The number of amides is 3. The zero-order valence-electron chi connectivity index (χ0n) is 11.3. The Hall–Kier alpha value is -1.49. The molecule has 1 aliphatic rings. The number of thioether (sulfide) groups is 1. The Morgan fingerprint density at radius 2 is 1.89 bits per heavy atom. The number of urea groups is 1. The van der Waals surface area contributed by atoms with Crippen LogP contribution in [0.2, 0.25) is 0 Å². The molecule has 0 aliphatic carbocycles. The summed E-state index contributed by atoms with van der Waals surface area (Å²) in [5.41, 5.74) is 0.964. The van der Waals surface area contributed by atoms with E-state index in [1.54, 1.807) is 11.8 Å². The number of hydrogen-bond donors (Lipinski definition) is 1. The van der Waals surface area contributed by atoms with Gasteiger partial charge in [0.25, 0.3) is 5.91 Å². The minimum absolute atomic E-state index is 0.111. The summed E-state index contributed by atoms with van der Waals surface area (Å²) in [6, 6.07) is 7.22. The van der Waals surface area contributed by atoms with Crippen molar-refractivity contribution in [2.75, 3.05) is 6.26 Å². The molecule has 0 radical (unpaired) electrons. The second-order valence-corrected chi connectivity index (χ2v) is 5.82. The Morgan fingerprint density at radius 1 is 1.26 bits per heavy atom. The highest BCUT2D eigenvalue weighted by Gasteiger charge is 2.39. The highest BCUT2D eigenvalue weighted by atomic mass is 32.2. The van der Waals surface area contributed by atoms with Crippen LogP contribution in [0.3, 0.4) is 0 Å². The molecule has 102 valence electrons. The first-order valence-electron chi connectivity index (χ1n) is 6.27. The van der Waals surface area contributed by atoms with Gasteiger partial charge >= 0.3 is 6.03 Å². The van der Waals surface area contributed by atoms with Crippen molar-refractivity contribution in [1.82, 2.24) is 10.2 Å². The zero-order valence-corrected chi connectivity index (χ0v) is 12.2. The van der Waals surface area contributed by atoms with E-state index in [0.717, 1.165) is 5.56 Å². The van der Waals surface area contributed by atoms with Crippen LogP contribution in [0.15, 0.2) is 29.2 Å². The van der Waals surface area contributed by atoms with Crippen LogP contribution in [0.4, 0.5) is 4.79 Å². The van der Waals surface area contributed by atoms with E-state index in [1.165, 1.54) is 9.80 Å². The molecule has 1 N–H and O–H groups in total. The van der Waals surface area contributed by atoms with Gasteiger partial charge in [0.1, 0.15) is 6.04 Å². The number of nitrogens with one attached hydrogen (secondary N) is 1. The summed E-state index contributed by atoms with van der Waals surface area (Å²) in [6.07, 6.45) is 2.01. The van der Waals surface area contributed by atoms with E-state index in [0.29, 0.717) is 6.54 Å². The van der Waals surface area contributed by atoms with Crippen molar-refractivity contribution >= 4 is 23.7 Å². The first-order valence-corrected chi connectivity index (χ1v) is 7.50. The van der Waals surface area contributed by atoms with Crippen LogP contribution in [0, 0.1) is 5.92 Å². The number of hydrogen-bond acceptors (Lipinski definition) is 3. The van der Waals surface area contributed by atoms with E-state index >= 15 is 0 Å². The Bertz CT molecular complexity index is 485. The van der Waals surface area contributed by atoms with E-state index in [4.69, 9.17) is 0 Å². The van der Waals surface area contributed by atoms with Gasteiger partial charge < -0.3 is 5.32 Å². The van der Waals surface area contributed by atoms with Gasteiger partial charge in [-0.05, 0) is 29.9 Å². The Balaban J connectivity index is 2.10. The fourth-order valence-electron chi connectivity index (χ4n) is 2.06. The molecule has 5 heteroatoms. The van der Waals surface area contributed by atoms with Gasteiger partial charge in [0.05, 0.1) is 6.54 Å². The third-order valence-electron chi connectivity index (χ3n) is 3.22. The number of carbonyl (C=O) groups is 2. The highest BCUT2D eigenvalue weighted by Crippen LogP contribution is 2.19. The maximum Gasteiger partial charge on any atom is 0.325 e. The standard InChI is InChI=1S/C14H18N2O2S/c1-9(2)12-13(17)16(14(18)15-12)8-10-4-6-11(19-3)7-5-10/h4-7,9,12H,8H2,1-3H3,(H,15,18). The van der Waals surface area contributed by atoms with E-state index in [1.807, 2.05) is 44.4 Å². The van der Waals surface area contributed by atoms with Gasteiger partial charge in [0.2, 0.25) is 0 Å². The minimum atomic E-state index is -0.391. The predicted molar refractivity (Wildman–Crippen MR) is 75.9 cm³/mol. The van der Waals surface area contributed by atoms with Crippen molar-refractivity contribution in [3.63, 3.8) is 0 Å². The molecule has 1 aromatic carbocycles. The molecular weight excluding hydrogens is 260 g/mol. The molecule has 1 aromatic rings. The maximum absolute atomic E-state index is 12.1. The van der Waals surface area contributed by atoms with E-state index in [2.05, 4.69) is 5.32 Å². The Labute approximate surface area is 117 Å². The maximum atomic E-state index is 12.1. The van der Waals surface area contributed by atoms with Gasteiger partial charge in [0.15, 0.2) is 0 Å². The average Bonchev–Trinajstić information content (AvgIpc) is 2.68. The van der Waals surface area contributed by atoms with Crippen LogP contribution in [-0.2, 0) is 11.3 Å². The lowest BCUT2D eigenvalue weighted by atomic mass is 10.0. The molecule has 1 aliphatic heterocycles. The van der Waals surface area contributed by atoms with Crippen molar-refractivity contribution in [3.05, 3.63) is 29.8 Å². The number of nitrogens with zero attached hydrogens (tertiary/aromatic N) is 1. The van der Waals surface area contributed by atoms with Gasteiger partial charge in [-0.3, -0.25) is 9.69 Å². The lowest BCUT2D eigenvalue weighted by Gasteiger charge is -2.14. The summed E-state index contributed by atoms with van der Waals surface area (Å²) < 4.78 is 0. The van der Waals surface area contributed by atoms with Crippen LogP contribution in [-0.4, -0.2) is 29.1 Å². The molecule has 1 fully saturated rings. The van der Waals surface area contributed by atoms with Crippen LogP contribution in [0.25, 0.3) is 0 Å². The fourth-order valence-corrected chi connectivity index (χ4v) is 2.46. The smallest absolute Gasteiger partial charge is 0.325 e. The zero-order chi connectivity index (χ0) is 14.0. The fraction of sp³-hybridized carbons (Fsp3) is 0.429. The number of rotatable bonds is 4. The average molecular weight is 278 g/mol. The number of benzene rings is 1. The van der Waals surface area contributed by atoms with Crippen LogP contribution in [0.1, 0.15) is 19.4 Å². The summed E-state index contributed by atoms with van der Waals surface area (Å²) in [5.74, 6) is -0.0192. The van der Waals surface area contributed by atoms with E-state index < -0.39 is 6.04 Å². The summed E-state index contributed by atoms with van der Waals surface area (Å²) in [5, 5.41) is 2.73. The minimum Gasteiger partial charge on any atom is -0.326 e. The molecule has 0 bridgehead atoms. The summed E-state index contributed by atoms with van der Waals surface area (Å²) >= 11 is 1.67. The van der Waals surface area contributed by atoms with Crippen molar-refractivity contribution in [2.24, 2.45) is 5.92 Å². The Morgan fingerprint density at radius 3 is 2.37 bits per heavy atom. The quantitative estimate of drug-likeness (QED) is 0.680. The summed E-state index contributed by atoms with van der Waals surface area (Å²) in [4.78, 5) is 26.4. The molecule has 1 atom stereocenters. The van der Waals surface area contributed by atoms with Crippen LogP contribution in [0.5, 0.6) is 0 Å². The number of imide groups is 1. The molecule has 3 amide bonds. The lowest BCUT2D eigenvalue weighted by Crippen LogP contribution is -2.34. The summed E-state index contributed by atoms with van der Waals surface area (Å²) in [7, 11) is 0. The van der Waals surface area contributed by atoms with Crippen LogP contribution < -0.4 is 5.32 Å². The molecule has 19 heavy (non-hydrogen) atoms. The van der Waals surface area contributed by atoms with E-state index in [9.17, 15) is 9.59 Å². The van der Waals surface area contributed by atoms with Crippen molar-refractivity contribution in [2.45, 2.75) is 31.3 Å². The molecule has 4 nitrogen and oxygen atoms in total. The van der Waals surface area contributed by atoms with Gasteiger partial charge in [0, 0.05) is 4.90 Å². The molecule has 0 saturated carbocycles. The molecule has 1 saturated heterocycles. The topological polar surface area (TPSA) is 49.4 Å². The second-order valence-electron chi connectivity index (χ2n) is 4.94. The van der Waals surface area contributed by atoms with Crippen LogP contribution >= 0.6 is 11.8 Å². The predicted octanol–water partition coefficient (Wildman–Crippen LogP) is 2.48. The lowest BCUT2D eigenvalue weighted by molar-refractivity contribution is -0.128. The normalized spacial score (nSPS) is 19.2. The van der Waals surface area contributed by atoms with Crippen molar-refractivity contribution in [1.29, 1.82) is 0 Å². The third kappa shape index (κ3) is 2.92. The molecule has 1 unspecified atom stereocenters. The van der Waals surface area contributed by atoms with Gasteiger partial charge in [-0.2, -0.15) is 0 Å². The largest absolute Gasteiger partial charge is 0.326 e. The first-order chi connectivity index (χ1) is 9.02. The molecular formula is C14H18N2O2S. The van der Waals surface area contributed by atoms with Gasteiger partial charge in [-0.1, -0.05) is 26.0 Å². The van der Waals surface area contributed by atoms with Gasteiger partial charge in [-0.25, -0.2) is 4.79 Å².